The molecule has 3 rings (SSSR count). The standard InChI is InChI=1S/C21H22N4O5S/c1-13-5-6-15(20(27)28)11-16(13)22-21(31)23-19(26)14-7-8-17(18(12-14)25(29)30)24-9-3-2-4-10-24/h5-8,11-12H,2-4,9-10H2,1H3,(H,27,28)(H2,22,23,26,31). The number of carboxylic acids is 1. The largest absolute Gasteiger partial charge is 0.478 e. The van der Waals surface area contributed by atoms with Crippen molar-refractivity contribution >= 4 is 46.3 Å². The van der Waals surface area contributed by atoms with Gasteiger partial charge in [0.25, 0.3) is 11.6 Å². The highest BCUT2D eigenvalue weighted by Gasteiger charge is 2.23. The lowest BCUT2D eigenvalue weighted by Gasteiger charge is -2.28. The van der Waals surface area contributed by atoms with Crippen LogP contribution in [-0.4, -0.2) is 40.1 Å². The Morgan fingerprint density at radius 3 is 2.42 bits per heavy atom. The van der Waals surface area contributed by atoms with Gasteiger partial charge in [-0.15, -0.1) is 0 Å². The summed E-state index contributed by atoms with van der Waals surface area (Å²) in [6.45, 7) is 3.26. The third-order valence-corrected chi connectivity index (χ3v) is 5.29. The number of hydrogen-bond acceptors (Lipinski definition) is 6. The predicted molar refractivity (Wildman–Crippen MR) is 121 cm³/mol. The SMILES string of the molecule is Cc1ccc(C(=O)O)cc1NC(=S)NC(=O)c1ccc(N2CCCCC2)c([N+](=O)[O-])c1. The van der Waals surface area contributed by atoms with Crippen molar-refractivity contribution in [2.45, 2.75) is 26.2 Å². The van der Waals surface area contributed by atoms with E-state index in [1.54, 1.807) is 19.1 Å². The molecule has 0 radical (unpaired) electrons. The molecule has 0 saturated carbocycles. The Balaban J connectivity index is 1.75. The summed E-state index contributed by atoms with van der Waals surface area (Å²) in [5, 5.41) is 26.0. The van der Waals surface area contributed by atoms with Crippen LogP contribution in [0.4, 0.5) is 17.1 Å². The fraction of sp³-hybridized carbons (Fsp3) is 0.286. The molecular formula is C21H22N4O5S. The molecule has 0 spiro atoms. The summed E-state index contributed by atoms with van der Waals surface area (Å²) in [5.74, 6) is -1.68. The first-order chi connectivity index (χ1) is 14.8. The number of rotatable bonds is 5. The van der Waals surface area contributed by atoms with Gasteiger partial charge < -0.3 is 15.3 Å². The second-order valence-electron chi connectivity index (χ2n) is 7.25. The number of nitrogens with zero attached hydrogens (tertiary/aromatic N) is 2. The average Bonchev–Trinajstić information content (AvgIpc) is 2.75. The van der Waals surface area contributed by atoms with E-state index in [-0.39, 0.29) is 21.9 Å². The van der Waals surface area contributed by atoms with E-state index < -0.39 is 16.8 Å². The second kappa shape index (κ2) is 9.52. The molecule has 2 aromatic rings. The number of aromatic carboxylic acids is 1. The third kappa shape index (κ3) is 5.34. The van der Waals surface area contributed by atoms with Crippen LogP contribution in [0, 0.1) is 17.0 Å². The second-order valence-corrected chi connectivity index (χ2v) is 7.66. The van der Waals surface area contributed by atoms with Crippen LogP contribution in [0.2, 0.25) is 0 Å². The van der Waals surface area contributed by atoms with Crippen molar-refractivity contribution in [1.29, 1.82) is 0 Å². The number of carbonyl (C=O) groups is 2. The van der Waals surface area contributed by atoms with Crippen LogP contribution in [0.5, 0.6) is 0 Å². The van der Waals surface area contributed by atoms with E-state index >= 15 is 0 Å². The molecule has 10 heteroatoms. The van der Waals surface area contributed by atoms with Crippen molar-refractivity contribution in [3.05, 3.63) is 63.2 Å². The number of anilines is 2. The minimum Gasteiger partial charge on any atom is -0.478 e. The summed E-state index contributed by atoms with van der Waals surface area (Å²) in [6.07, 6.45) is 3.05. The Morgan fingerprint density at radius 2 is 1.77 bits per heavy atom. The maximum absolute atomic E-state index is 12.6. The molecule has 0 unspecified atom stereocenters. The minimum absolute atomic E-state index is 0.0431. The van der Waals surface area contributed by atoms with Crippen LogP contribution < -0.4 is 15.5 Å². The lowest BCUT2D eigenvalue weighted by molar-refractivity contribution is -0.384. The fourth-order valence-electron chi connectivity index (χ4n) is 3.43. The molecule has 1 aliphatic heterocycles. The molecule has 1 saturated heterocycles. The van der Waals surface area contributed by atoms with E-state index in [2.05, 4.69) is 10.6 Å². The fourth-order valence-corrected chi connectivity index (χ4v) is 3.63. The van der Waals surface area contributed by atoms with Gasteiger partial charge in [-0.25, -0.2) is 4.79 Å². The molecule has 0 aromatic heterocycles. The van der Waals surface area contributed by atoms with Crippen molar-refractivity contribution in [3.8, 4) is 0 Å². The molecule has 1 aliphatic rings. The minimum atomic E-state index is -1.08. The number of aryl methyl sites for hydroxylation is 1. The van der Waals surface area contributed by atoms with Gasteiger partial charge in [0, 0.05) is 30.4 Å². The predicted octanol–water partition coefficient (Wildman–Crippen LogP) is 3.72. The average molecular weight is 442 g/mol. The highest BCUT2D eigenvalue weighted by Crippen LogP contribution is 2.31. The lowest BCUT2D eigenvalue weighted by Crippen LogP contribution is -2.34. The normalized spacial score (nSPS) is 13.4. The van der Waals surface area contributed by atoms with Crippen molar-refractivity contribution in [2.75, 3.05) is 23.3 Å². The number of piperidine rings is 1. The van der Waals surface area contributed by atoms with E-state index in [1.165, 1.54) is 24.3 Å². The molecular weight excluding hydrogens is 420 g/mol. The number of carboxylic acid groups (broad SMARTS) is 1. The van der Waals surface area contributed by atoms with Crippen LogP contribution in [0.1, 0.15) is 45.5 Å². The van der Waals surface area contributed by atoms with Crippen LogP contribution in [0.15, 0.2) is 36.4 Å². The first-order valence-corrected chi connectivity index (χ1v) is 10.2. The molecule has 31 heavy (non-hydrogen) atoms. The maximum Gasteiger partial charge on any atom is 0.335 e. The molecule has 1 heterocycles. The Labute approximate surface area is 184 Å². The zero-order chi connectivity index (χ0) is 22.5. The molecule has 162 valence electrons. The Hall–Kier alpha value is -3.53. The summed E-state index contributed by atoms with van der Waals surface area (Å²) in [4.78, 5) is 36.8. The van der Waals surface area contributed by atoms with Crippen molar-refractivity contribution in [1.82, 2.24) is 5.32 Å². The smallest absolute Gasteiger partial charge is 0.335 e. The molecule has 1 amide bonds. The van der Waals surface area contributed by atoms with Gasteiger partial charge in [-0.3, -0.25) is 20.2 Å². The van der Waals surface area contributed by atoms with Crippen molar-refractivity contribution < 1.29 is 19.6 Å². The monoisotopic (exact) mass is 442 g/mol. The molecule has 3 N–H and O–H groups in total. The number of carbonyl (C=O) groups excluding carboxylic acids is 1. The van der Waals surface area contributed by atoms with Gasteiger partial charge in [0.05, 0.1) is 10.5 Å². The zero-order valence-electron chi connectivity index (χ0n) is 16.9. The number of benzene rings is 2. The van der Waals surface area contributed by atoms with Crippen LogP contribution in [0.3, 0.4) is 0 Å². The van der Waals surface area contributed by atoms with Crippen molar-refractivity contribution in [3.63, 3.8) is 0 Å². The lowest BCUT2D eigenvalue weighted by atomic mass is 10.1. The summed E-state index contributed by atoms with van der Waals surface area (Å²) >= 11 is 5.16. The highest BCUT2D eigenvalue weighted by molar-refractivity contribution is 7.80. The van der Waals surface area contributed by atoms with Gasteiger partial charge in [-0.05, 0) is 68.2 Å². The first-order valence-electron chi connectivity index (χ1n) is 9.76. The number of hydrogen-bond donors (Lipinski definition) is 3. The van der Waals surface area contributed by atoms with E-state index in [4.69, 9.17) is 17.3 Å². The van der Waals surface area contributed by atoms with Gasteiger partial charge in [0.1, 0.15) is 5.69 Å². The Bertz CT molecular complexity index is 1050. The molecule has 0 atom stereocenters. The maximum atomic E-state index is 12.6. The molecule has 1 fully saturated rings. The number of nitrogens with one attached hydrogen (secondary N) is 2. The van der Waals surface area contributed by atoms with Gasteiger partial charge >= 0.3 is 5.97 Å². The number of nitro groups is 1. The summed E-state index contributed by atoms with van der Waals surface area (Å²) in [5.41, 5.74) is 1.74. The Morgan fingerprint density at radius 1 is 1.10 bits per heavy atom. The van der Waals surface area contributed by atoms with Crippen LogP contribution in [0.25, 0.3) is 0 Å². The topological polar surface area (TPSA) is 125 Å². The van der Waals surface area contributed by atoms with Gasteiger partial charge in [-0.1, -0.05) is 6.07 Å². The van der Waals surface area contributed by atoms with Crippen LogP contribution in [-0.2, 0) is 0 Å². The first kappa shape index (κ1) is 22.2. The number of nitro benzene ring substituents is 1. The van der Waals surface area contributed by atoms with E-state index in [1.807, 2.05) is 4.90 Å². The molecule has 0 bridgehead atoms. The van der Waals surface area contributed by atoms with Gasteiger partial charge in [-0.2, -0.15) is 0 Å². The molecule has 2 aromatic carbocycles. The quantitative estimate of drug-likeness (QED) is 0.364. The highest BCUT2D eigenvalue weighted by atomic mass is 32.1. The summed E-state index contributed by atoms with van der Waals surface area (Å²) < 4.78 is 0. The van der Waals surface area contributed by atoms with Crippen molar-refractivity contribution in [2.24, 2.45) is 0 Å². The third-order valence-electron chi connectivity index (χ3n) is 5.09. The molecule has 9 nitrogen and oxygen atoms in total. The van der Waals surface area contributed by atoms with Gasteiger partial charge in [0.15, 0.2) is 5.11 Å². The summed E-state index contributed by atoms with van der Waals surface area (Å²) in [6, 6.07) is 8.87. The van der Waals surface area contributed by atoms with Crippen LogP contribution >= 0.6 is 12.2 Å². The summed E-state index contributed by atoms with van der Waals surface area (Å²) in [7, 11) is 0. The van der Waals surface area contributed by atoms with Gasteiger partial charge in [0.2, 0.25) is 0 Å². The molecule has 0 aliphatic carbocycles. The van der Waals surface area contributed by atoms with E-state index in [9.17, 15) is 19.7 Å². The number of amides is 1. The van der Waals surface area contributed by atoms with E-state index in [0.29, 0.717) is 11.4 Å². The van der Waals surface area contributed by atoms with E-state index in [0.717, 1.165) is 37.9 Å². The number of thiocarbonyl (C=S) groups is 1. The zero-order valence-corrected chi connectivity index (χ0v) is 17.7. The Kier molecular flexibility index (Phi) is 6.81.